The lowest BCUT2D eigenvalue weighted by Gasteiger charge is -2.12. The van der Waals surface area contributed by atoms with Crippen LogP contribution >= 0.6 is 11.8 Å². The minimum Gasteiger partial charge on any atom is -0.497 e. The third-order valence-electron chi connectivity index (χ3n) is 5.36. The van der Waals surface area contributed by atoms with E-state index in [2.05, 4.69) is 20.2 Å². The number of benzene rings is 2. The van der Waals surface area contributed by atoms with Gasteiger partial charge in [-0.3, -0.25) is 4.79 Å². The van der Waals surface area contributed by atoms with E-state index < -0.39 is 11.4 Å². The van der Waals surface area contributed by atoms with Crippen molar-refractivity contribution in [3.05, 3.63) is 100.0 Å². The molecule has 0 aliphatic heterocycles. The van der Waals surface area contributed by atoms with Crippen LogP contribution in [0.3, 0.4) is 0 Å². The minimum atomic E-state index is -0.760. The van der Waals surface area contributed by atoms with Gasteiger partial charge in [0, 0.05) is 5.75 Å². The van der Waals surface area contributed by atoms with Crippen molar-refractivity contribution in [1.82, 2.24) is 29.4 Å². The number of methoxy groups -OCH3 is 1. The topological polar surface area (TPSA) is 96.4 Å². The average molecular weight is 505 g/mol. The van der Waals surface area contributed by atoms with E-state index in [1.807, 2.05) is 55.5 Å². The Bertz CT molecular complexity index is 1550. The number of fused-ring (bicyclic) bond motifs is 1. The number of ether oxygens (including phenoxy) is 2. The molecule has 0 spiro atoms. The molecule has 0 N–H and O–H groups in total. The van der Waals surface area contributed by atoms with Crippen LogP contribution in [0.15, 0.2) is 77.1 Å². The van der Waals surface area contributed by atoms with Crippen molar-refractivity contribution in [1.29, 1.82) is 0 Å². The summed E-state index contributed by atoms with van der Waals surface area (Å²) in [6.45, 7) is 2.30. The molecule has 0 amide bonds. The molecule has 36 heavy (non-hydrogen) atoms. The molecule has 0 aliphatic rings. The maximum atomic E-state index is 14.3. The van der Waals surface area contributed by atoms with Crippen molar-refractivity contribution in [3.8, 4) is 17.4 Å². The van der Waals surface area contributed by atoms with Crippen LogP contribution in [0, 0.1) is 12.7 Å². The first kappa shape index (κ1) is 23.5. The molecule has 0 saturated heterocycles. The molecule has 0 fully saturated rings. The highest BCUT2D eigenvalue weighted by atomic mass is 32.2. The maximum absolute atomic E-state index is 14.3. The average Bonchev–Trinajstić information content (AvgIpc) is 3.28. The number of rotatable bonds is 8. The highest BCUT2D eigenvalue weighted by Gasteiger charge is 2.19. The standard InChI is InChI=1S/C25H21FN6O3S/c1-16-3-5-18(6-4-16)15-36-25-30-32-23(20(26)11-29-32)24(33)31(25)21-12-28-22(13-27-21)35-14-17-7-9-19(34-2)10-8-17/h3-13H,14-15H2,1-2H3. The lowest BCUT2D eigenvalue weighted by molar-refractivity contribution is 0.292. The number of nitrogens with zero attached hydrogens (tertiary/aromatic N) is 6. The van der Waals surface area contributed by atoms with Crippen LogP contribution in [0.5, 0.6) is 11.6 Å². The van der Waals surface area contributed by atoms with Crippen molar-refractivity contribution in [3.63, 3.8) is 0 Å². The van der Waals surface area contributed by atoms with E-state index in [4.69, 9.17) is 9.47 Å². The first-order valence-corrected chi connectivity index (χ1v) is 11.9. The molecule has 0 bridgehead atoms. The monoisotopic (exact) mass is 504 g/mol. The molecule has 5 rings (SSSR count). The summed E-state index contributed by atoms with van der Waals surface area (Å²) < 4.78 is 27.4. The van der Waals surface area contributed by atoms with Crippen LogP contribution in [-0.4, -0.2) is 36.5 Å². The molecule has 0 saturated carbocycles. The fraction of sp³-hybridized carbons (Fsp3) is 0.160. The smallest absolute Gasteiger partial charge is 0.289 e. The third-order valence-corrected chi connectivity index (χ3v) is 6.36. The van der Waals surface area contributed by atoms with Gasteiger partial charge in [-0.1, -0.05) is 53.7 Å². The summed E-state index contributed by atoms with van der Waals surface area (Å²) in [6.07, 6.45) is 3.77. The summed E-state index contributed by atoms with van der Waals surface area (Å²) in [5.41, 5.74) is 2.23. The molecule has 0 atom stereocenters. The Hall–Kier alpha value is -4.25. The van der Waals surface area contributed by atoms with Crippen LogP contribution in [0.2, 0.25) is 0 Å². The Labute approximate surface area is 209 Å². The van der Waals surface area contributed by atoms with Gasteiger partial charge in [0.15, 0.2) is 22.3 Å². The lowest BCUT2D eigenvalue weighted by atomic mass is 10.2. The van der Waals surface area contributed by atoms with Crippen molar-refractivity contribution >= 4 is 17.3 Å². The Morgan fingerprint density at radius 2 is 1.72 bits per heavy atom. The highest BCUT2D eigenvalue weighted by Crippen LogP contribution is 2.23. The fourth-order valence-corrected chi connectivity index (χ4v) is 4.34. The van der Waals surface area contributed by atoms with Gasteiger partial charge in [-0.15, -0.1) is 9.73 Å². The quantitative estimate of drug-likeness (QED) is 0.293. The lowest BCUT2D eigenvalue weighted by Crippen LogP contribution is -2.26. The van der Waals surface area contributed by atoms with Gasteiger partial charge in [0.2, 0.25) is 5.88 Å². The Morgan fingerprint density at radius 3 is 2.42 bits per heavy atom. The van der Waals surface area contributed by atoms with Crippen LogP contribution in [0.1, 0.15) is 16.7 Å². The van der Waals surface area contributed by atoms with Gasteiger partial charge in [-0.25, -0.2) is 18.9 Å². The molecule has 2 aromatic carbocycles. The Balaban J connectivity index is 1.42. The second-order valence-electron chi connectivity index (χ2n) is 7.88. The minimum absolute atomic E-state index is 0.193. The summed E-state index contributed by atoms with van der Waals surface area (Å²) in [6, 6.07) is 15.5. The van der Waals surface area contributed by atoms with Gasteiger partial charge in [-0.2, -0.15) is 5.10 Å². The van der Waals surface area contributed by atoms with Crippen LogP contribution < -0.4 is 15.0 Å². The van der Waals surface area contributed by atoms with E-state index in [-0.39, 0.29) is 23.8 Å². The number of thioether (sulfide) groups is 1. The van der Waals surface area contributed by atoms with Gasteiger partial charge in [0.1, 0.15) is 12.4 Å². The van der Waals surface area contributed by atoms with E-state index in [0.717, 1.165) is 33.3 Å². The highest BCUT2D eigenvalue weighted by molar-refractivity contribution is 7.98. The first-order chi connectivity index (χ1) is 17.5. The zero-order chi connectivity index (χ0) is 25.1. The first-order valence-electron chi connectivity index (χ1n) is 10.9. The molecule has 3 aromatic heterocycles. The molecule has 182 valence electrons. The molecule has 3 heterocycles. The molecule has 9 nitrogen and oxygen atoms in total. The Kier molecular flexibility index (Phi) is 6.63. The van der Waals surface area contributed by atoms with Gasteiger partial charge in [0.05, 0.1) is 25.7 Å². The van der Waals surface area contributed by atoms with E-state index in [1.165, 1.54) is 28.7 Å². The second kappa shape index (κ2) is 10.2. The van der Waals surface area contributed by atoms with Gasteiger partial charge in [0.25, 0.3) is 5.56 Å². The molecule has 0 radical (unpaired) electrons. The van der Waals surface area contributed by atoms with E-state index in [0.29, 0.717) is 10.9 Å². The summed E-state index contributed by atoms with van der Waals surface area (Å²) in [5.74, 6) is 1.01. The molecule has 11 heteroatoms. The zero-order valence-corrected chi connectivity index (χ0v) is 20.3. The van der Waals surface area contributed by atoms with E-state index >= 15 is 0 Å². The van der Waals surface area contributed by atoms with Crippen molar-refractivity contribution in [2.45, 2.75) is 24.4 Å². The molecular weight excluding hydrogens is 483 g/mol. The maximum Gasteiger partial charge on any atom is 0.289 e. The largest absolute Gasteiger partial charge is 0.497 e. The SMILES string of the molecule is COc1ccc(COc2cnc(-n3c(SCc4ccc(C)cc4)nn4ncc(F)c4c3=O)cn2)cc1. The Morgan fingerprint density at radius 1 is 0.972 bits per heavy atom. The number of hydrogen-bond donors (Lipinski definition) is 0. The summed E-state index contributed by atoms with van der Waals surface area (Å²) in [7, 11) is 1.61. The summed E-state index contributed by atoms with van der Waals surface area (Å²) >= 11 is 1.31. The number of hydrogen-bond acceptors (Lipinski definition) is 8. The van der Waals surface area contributed by atoms with Crippen molar-refractivity contribution in [2.75, 3.05) is 7.11 Å². The van der Waals surface area contributed by atoms with Gasteiger partial charge >= 0.3 is 0 Å². The van der Waals surface area contributed by atoms with Crippen LogP contribution in [0.4, 0.5) is 4.39 Å². The number of aryl methyl sites for hydroxylation is 1. The predicted octanol–water partition coefficient (Wildman–Crippen LogP) is 4.00. The molecule has 0 unspecified atom stereocenters. The fourth-order valence-electron chi connectivity index (χ4n) is 3.41. The normalized spacial score (nSPS) is 11.1. The molecule has 0 aliphatic carbocycles. The summed E-state index contributed by atoms with van der Waals surface area (Å²) in [4.78, 5) is 21.9. The van der Waals surface area contributed by atoms with Gasteiger partial charge < -0.3 is 9.47 Å². The van der Waals surface area contributed by atoms with Crippen molar-refractivity contribution < 1.29 is 13.9 Å². The predicted molar refractivity (Wildman–Crippen MR) is 132 cm³/mol. The van der Waals surface area contributed by atoms with E-state index in [1.54, 1.807) is 7.11 Å². The second-order valence-corrected chi connectivity index (χ2v) is 8.82. The molecular formula is C25H21FN6O3S. The van der Waals surface area contributed by atoms with Gasteiger partial charge in [-0.05, 0) is 30.2 Å². The van der Waals surface area contributed by atoms with E-state index in [9.17, 15) is 9.18 Å². The van der Waals surface area contributed by atoms with Crippen LogP contribution in [0.25, 0.3) is 11.3 Å². The number of aromatic nitrogens is 6. The number of halogens is 1. The van der Waals surface area contributed by atoms with Crippen molar-refractivity contribution in [2.24, 2.45) is 0 Å². The van der Waals surface area contributed by atoms with Crippen LogP contribution in [-0.2, 0) is 12.4 Å². The summed E-state index contributed by atoms with van der Waals surface area (Å²) in [5, 5.41) is 8.52. The third kappa shape index (κ3) is 4.91. The molecule has 5 aromatic rings. The zero-order valence-electron chi connectivity index (χ0n) is 19.5.